The van der Waals surface area contributed by atoms with E-state index in [0.29, 0.717) is 19.0 Å². The minimum atomic E-state index is -3.73. The third-order valence-electron chi connectivity index (χ3n) is 4.22. The van der Waals surface area contributed by atoms with E-state index in [1.807, 2.05) is 0 Å². The summed E-state index contributed by atoms with van der Waals surface area (Å²) in [5, 5.41) is 2.57. The number of anilines is 1. The number of rotatable bonds is 7. The lowest BCUT2D eigenvalue weighted by atomic mass is 10.3. The van der Waals surface area contributed by atoms with Gasteiger partial charge in [0.05, 0.1) is 30.9 Å². The first-order valence-electron chi connectivity index (χ1n) is 8.84. The molecule has 0 spiro atoms. The van der Waals surface area contributed by atoms with Crippen molar-refractivity contribution in [3.05, 3.63) is 48.3 Å². The van der Waals surface area contributed by atoms with Crippen LogP contribution in [0.15, 0.2) is 47.4 Å². The summed E-state index contributed by atoms with van der Waals surface area (Å²) < 4.78 is 55.8. The zero-order chi connectivity index (χ0) is 20.9. The molecule has 1 saturated heterocycles. The lowest BCUT2D eigenvalue weighted by Gasteiger charge is -2.26. The van der Waals surface area contributed by atoms with Crippen LogP contribution in [0.4, 0.5) is 10.1 Å². The van der Waals surface area contributed by atoms with E-state index in [1.54, 1.807) is 0 Å². The molecule has 0 saturated carbocycles. The summed E-state index contributed by atoms with van der Waals surface area (Å²) in [6, 6.07) is 9.63. The molecule has 0 atom stereocenters. The van der Waals surface area contributed by atoms with Gasteiger partial charge >= 0.3 is 0 Å². The van der Waals surface area contributed by atoms with Gasteiger partial charge in [-0.1, -0.05) is 6.07 Å². The lowest BCUT2D eigenvalue weighted by Crippen LogP contribution is -2.40. The Bertz CT molecular complexity index is 976. The fourth-order valence-corrected chi connectivity index (χ4v) is 4.21. The summed E-state index contributed by atoms with van der Waals surface area (Å²) in [5.74, 6) is -0.528. The van der Waals surface area contributed by atoms with Crippen LogP contribution in [0.2, 0.25) is 0 Å². The molecule has 0 radical (unpaired) electrons. The van der Waals surface area contributed by atoms with Gasteiger partial charge in [-0.15, -0.1) is 0 Å². The number of carbonyl (C=O) groups is 1. The first-order chi connectivity index (χ1) is 13.9. The van der Waals surface area contributed by atoms with Crippen molar-refractivity contribution in [3.8, 4) is 11.5 Å². The fourth-order valence-electron chi connectivity index (χ4n) is 2.77. The fraction of sp³-hybridized carbons (Fsp3) is 0.316. The van der Waals surface area contributed by atoms with Gasteiger partial charge in [-0.25, -0.2) is 12.8 Å². The highest BCUT2D eigenvalue weighted by molar-refractivity contribution is 7.89. The van der Waals surface area contributed by atoms with Crippen LogP contribution in [0.1, 0.15) is 0 Å². The van der Waals surface area contributed by atoms with E-state index < -0.39 is 21.7 Å². The van der Waals surface area contributed by atoms with Gasteiger partial charge in [-0.2, -0.15) is 4.31 Å². The first kappa shape index (κ1) is 21.0. The number of sulfonamides is 1. The zero-order valence-corrected chi connectivity index (χ0v) is 16.6. The molecule has 0 aromatic heterocycles. The Morgan fingerprint density at radius 1 is 1.21 bits per heavy atom. The van der Waals surface area contributed by atoms with Gasteiger partial charge < -0.3 is 19.5 Å². The second kappa shape index (κ2) is 9.21. The Morgan fingerprint density at radius 2 is 1.97 bits per heavy atom. The molecule has 1 amide bonds. The third kappa shape index (κ3) is 5.22. The highest BCUT2D eigenvalue weighted by atomic mass is 32.2. The predicted octanol–water partition coefficient (Wildman–Crippen LogP) is 1.87. The van der Waals surface area contributed by atoms with Crippen LogP contribution in [0, 0.1) is 5.82 Å². The molecule has 2 aromatic carbocycles. The molecule has 1 heterocycles. The Hall–Kier alpha value is -2.69. The molecule has 1 aliphatic rings. The van der Waals surface area contributed by atoms with Crippen molar-refractivity contribution >= 4 is 21.6 Å². The van der Waals surface area contributed by atoms with E-state index >= 15 is 0 Å². The van der Waals surface area contributed by atoms with Crippen molar-refractivity contribution < 1.29 is 31.8 Å². The molecule has 2 aromatic rings. The van der Waals surface area contributed by atoms with Crippen LogP contribution in [0.5, 0.6) is 11.5 Å². The standard InChI is InChI=1S/C19H21FN2O6S/c1-26-18-6-5-16(29(24,25)22-7-9-27-10-8-22)12-17(18)21-19(23)13-28-15-4-2-3-14(20)11-15/h2-6,11-12H,7-10,13H2,1H3,(H,21,23). The van der Waals surface area contributed by atoms with E-state index in [2.05, 4.69) is 5.32 Å². The van der Waals surface area contributed by atoms with E-state index in [0.717, 1.165) is 6.07 Å². The number of ether oxygens (including phenoxy) is 3. The van der Waals surface area contributed by atoms with Crippen molar-refractivity contribution in [3.63, 3.8) is 0 Å². The molecule has 0 bridgehead atoms. The monoisotopic (exact) mass is 424 g/mol. The number of nitrogens with one attached hydrogen (secondary N) is 1. The van der Waals surface area contributed by atoms with Crippen molar-refractivity contribution in [2.24, 2.45) is 0 Å². The summed E-state index contributed by atoms with van der Waals surface area (Å²) in [4.78, 5) is 12.3. The van der Waals surface area contributed by atoms with Gasteiger partial charge in [0.2, 0.25) is 10.0 Å². The van der Waals surface area contributed by atoms with Crippen LogP contribution in [-0.2, 0) is 19.6 Å². The van der Waals surface area contributed by atoms with Gasteiger partial charge in [0, 0.05) is 19.2 Å². The Labute approximate surface area is 168 Å². The zero-order valence-electron chi connectivity index (χ0n) is 15.8. The number of nitrogens with zero attached hydrogens (tertiary/aromatic N) is 1. The van der Waals surface area contributed by atoms with E-state index in [-0.39, 0.29) is 36.0 Å². The number of hydrogen-bond acceptors (Lipinski definition) is 6. The van der Waals surface area contributed by atoms with E-state index in [1.165, 1.54) is 47.8 Å². The molecule has 0 unspecified atom stereocenters. The van der Waals surface area contributed by atoms with Crippen LogP contribution >= 0.6 is 0 Å². The van der Waals surface area contributed by atoms with Crippen LogP contribution < -0.4 is 14.8 Å². The van der Waals surface area contributed by atoms with Crippen molar-refractivity contribution in [2.75, 3.05) is 45.3 Å². The summed E-state index contributed by atoms with van der Waals surface area (Å²) in [7, 11) is -2.32. The van der Waals surface area contributed by atoms with Gasteiger partial charge in [0.1, 0.15) is 17.3 Å². The van der Waals surface area contributed by atoms with Gasteiger partial charge in [0.25, 0.3) is 5.91 Å². The number of methoxy groups -OCH3 is 1. The molecule has 3 rings (SSSR count). The molecule has 1 aliphatic heterocycles. The Morgan fingerprint density at radius 3 is 2.66 bits per heavy atom. The average molecular weight is 424 g/mol. The SMILES string of the molecule is COc1ccc(S(=O)(=O)N2CCOCC2)cc1NC(=O)COc1cccc(F)c1. The maximum atomic E-state index is 13.2. The quantitative estimate of drug-likeness (QED) is 0.729. The summed E-state index contributed by atoms with van der Waals surface area (Å²) in [5.41, 5.74) is 0.190. The number of hydrogen-bond donors (Lipinski definition) is 1. The van der Waals surface area contributed by atoms with Gasteiger partial charge in [-0.05, 0) is 30.3 Å². The van der Waals surface area contributed by atoms with Crippen LogP contribution in [0.3, 0.4) is 0 Å². The highest BCUT2D eigenvalue weighted by Gasteiger charge is 2.27. The molecular formula is C19H21FN2O6S. The number of amides is 1. The second-order valence-corrected chi connectivity index (χ2v) is 8.11. The smallest absolute Gasteiger partial charge is 0.262 e. The van der Waals surface area contributed by atoms with Gasteiger partial charge in [-0.3, -0.25) is 4.79 Å². The maximum Gasteiger partial charge on any atom is 0.262 e. The number of carbonyl (C=O) groups excluding carboxylic acids is 1. The Balaban J connectivity index is 1.73. The highest BCUT2D eigenvalue weighted by Crippen LogP contribution is 2.29. The predicted molar refractivity (Wildman–Crippen MR) is 103 cm³/mol. The van der Waals surface area contributed by atoms with E-state index in [4.69, 9.17) is 14.2 Å². The normalized spacial score (nSPS) is 15.0. The topological polar surface area (TPSA) is 94.2 Å². The molecule has 8 nitrogen and oxygen atoms in total. The molecule has 156 valence electrons. The molecular weight excluding hydrogens is 403 g/mol. The first-order valence-corrected chi connectivity index (χ1v) is 10.3. The molecule has 0 aliphatic carbocycles. The van der Waals surface area contributed by atoms with Crippen LogP contribution in [0.25, 0.3) is 0 Å². The third-order valence-corrected chi connectivity index (χ3v) is 6.11. The summed E-state index contributed by atoms with van der Waals surface area (Å²) in [6.45, 7) is 0.800. The molecule has 29 heavy (non-hydrogen) atoms. The van der Waals surface area contributed by atoms with Gasteiger partial charge in [0.15, 0.2) is 6.61 Å². The largest absolute Gasteiger partial charge is 0.495 e. The van der Waals surface area contributed by atoms with Crippen molar-refractivity contribution in [1.82, 2.24) is 4.31 Å². The van der Waals surface area contributed by atoms with Crippen molar-refractivity contribution in [1.29, 1.82) is 0 Å². The summed E-state index contributed by atoms with van der Waals surface area (Å²) in [6.07, 6.45) is 0. The molecule has 1 fully saturated rings. The number of benzene rings is 2. The molecule has 10 heteroatoms. The molecule has 1 N–H and O–H groups in total. The summed E-state index contributed by atoms with van der Waals surface area (Å²) >= 11 is 0. The Kier molecular flexibility index (Phi) is 6.68. The second-order valence-electron chi connectivity index (χ2n) is 6.17. The minimum absolute atomic E-state index is 0.0292. The van der Waals surface area contributed by atoms with Crippen LogP contribution in [-0.4, -0.2) is 58.7 Å². The average Bonchev–Trinajstić information content (AvgIpc) is 2.73. The maximum absolute atomic E-state index is 13.2. The van der Waals surface area contributed by atoms with Crippen molar-refractivity contribution in [2.45, 2.75) is 4.90 Å². The lowest BCUT2D eigenvalue weighted by molar-refractivity contribution is -0.118. The van der Waals surface area contributed by atoms with E-state index in [9.17, 15) is 17.6 Å². The minimum Gasteiger partial charge on any atom is -0.495 e. The number of morpholine rings is 1. The number of halogens is 1.